The fourth-order valence-electron chi connectivity index (χ4n) is 1.97. The van der Waals surface area contributed by atoms with Gasteiger partial charge in [-0.2, -0.15) is 5.10 Å². The highest BCUT2D eigenvalue weighted by Crippen LogP contribution is 2.23. The first-order chi connectivity index (χ1) is 10.3. The van der Waals surface area contributed by atoms with E-state index in [9.17, 15) is 0 Å². The van der Waals surface area contributed by atoms with E-state index in [1.165, 1.54) is 4.88 Å². The molecular formula is C14H23N5OS. The molecule has 0 aliphatic heterocycles. The first-order valence-electron chi connectivity index (χ1n) is 7.21. The summed E-state index contributed by atoms with van der Waals surface area (Å²) in [4.78, 5) is 7.97. The fourth-order valence-corrected chi connectivity index (χ4v) is 2.95. The van der Waals surface area contributed by atoms with Crippen molar-refractivity contribution in [2.45, 2.75) is 26.9 Å². The minimum atomic E-state index is 0.670. The van der Waals surface area contributed by atoms with Crippen molar-refractivity contribution in [2.24, 2.45) is 0 Å². The fraction of sp³-hybridized carbons (Fsp3) is 0.571. The Kier molecular flexibility index (Phi) is 6.01. The highest BCUT2D eigenvalue weighted by Gasteiger charge is 2.07. The van der Waals surface area contributed by atoms with E-state index >= 15 is 0 Å². The van der Waals surface area contributed by atoms with Crippen LogP contribution in [0.2, 0.25) is 0 Å². The van der Waals surface area contributed by atoms with E-state index in [-0.39, 0.29) is 0 Å². The number of thiazole rings is 1. The molecule has 0 aromatic carbocycles. The summed E-state index contributed by atoms with van der Waals surface area (Å²) in [5.41, 5.74) is 1.02. The molecule has 2 aromatic heterocycles. The standard InChI is InChI=1S/C14H23N5OS/c1-4-18(5-2)14-16-10-13(21-14)9-15-12-8-17-19(11-12)6-7-20-3/h8,10-11,15H,4-7,9H2,1-3H3. The molecule has 0 saturated heterocycles. The lowest BCUT2D eigenvalue weighted by atomic mass is 10.5. The lowest BCUT2D eigenvalue weighted by molar-refractivity contribution is 0.183. The van der Waals surface area contributed by atoms with Crippen molar-refractivity contribution >= 4 is 22.2 Å². The maximum atomic E-state index is 5.04. The van der Waals surface area contributed by atoms with Gasteiger partial charge in [0, 0.05) is 37.5 Å². The second kappa shape index (κ2) is 7.99. The smallest absolute Gasteiger partial charge is 0.185 e. The van der Waals surface area contributed by atoms with Crippen molar-refractivity contribution < 1.29 is 4.74 Å². The molecule has 0 spiro atoms. The molecule has 0 bridgehead atoms. The van der Waals surface area contributed by atoms with E-state index in [0.717, 1.165) is 37.0 Å². The van der Waals surface area contributed by atoms with Crippen LogP contribution in [0.15, 0.2) is 18.6 Å². The number of hydrogen-bond donors (Lipinski definition) is 1. The normalized spacial score (nSPS) is 10.8. The highest BCUT2D eigenvalue weighted by molar-refractivity contribution is 7.15. The van der Waals surface area contributed by atoms with E-state index in [2.05, 4.69) is 34.1 Å². The molecule has 0 saturated carbocycles. The maximum absolute atomic E-state index is 5.04. The predicted molar refractivity (Wildman–Crippen MR) is 87.1 cm³/mol. The maximum Gasteiger partial charge on any atom is 0.185 e. The molecule has 2 aromatic rings. The van der Waals surface area contributed by atoms with Crippen molar-refractivity contribution in [3.8, 4) is 0 Å². The lowest BCUT2D eigenvalue weighted by Gasteiger charge is -2.16. The second-order valence-corrected chi connectivity index (χ2v) is 5.71. The van der Waals surface area contributed by atoms with Gasteiger partial charge < -0.3 is 15.0 Å². The Morgan fingerprint density at radius 3 is 2.86 bits per heavy atom. The zero-order valence-corrected chi connectivity index (χ0v) is 13.7. The van der Waals surface area contributed by atoms with Gasteiger partial charge >= 0.3 is 0 Å². The van der Waals surface area contributed by atoms with Crippen molar-refractivity contribution in [3.05, 3.63) is 23.5 Å². The number of anilines is 2. The van der Waals surface area contributed by atoms with Crippen LogP contribution in [0.3, 0.4) is 0 Å². The first kappa shape index (κ1) is 15.8. The quantitative estimate of drug-likeness (QED) is 0.771. The molecule has 6 nitrogen and oxygen atoms in total. The van der Waals surface area contributed by atoms with Crippen molar-refractivity contribution in [2.75, 3.05) is 37.0 Å². The number of nitrogens with one attached hydrogen (secondary N) is 1. The van der Waals surface area contributed by atoms with Gasteiger partial charge in [-0.25, -0.2) is 4.98 Å². The van der Waals surface area contributed by atoms with Crippen LogP contribution in [0.25, 0.3) is 0 Å². The summed E-state index contributed by atoms with van der Waals surface area (Å²) in [6, 6.07) is 0. The third kappa shape index (κ3) is 4.44. The van der Waals surface area contributed by atoms with Gasteiger partial charge in [0.25, 0.3) is 0 Å². The highest BCUT2D eigenvalue weighted by atomic mass is 32.1. The summed E-state index contributed by atoms with van der Waals surface area (Å²) in [6.45, 7) is 8.49. The molecule has 21 heavy (non-hydrogen) atoms. The van der Waals surface area contributed by atoms with Crippen LogP contribution in [-0.4, -0.2) is 41.6 Å². The minimum Gasteiger partial charge on any atom is -0.383 e. The molecule has 0 amide bonds. The average Bonchev–Trinajstić information content (AvgIpc) is 3.13. The molecule has 0 unspecified atom stereocenters. The molecule has 2 rings (SSSR count). The van der Waals surface area contributed by atoms with Crippen LogP contribution < -0.4 is 10.2 Å². The van der Waals surface area contributed by atoms with Crippen LogP contribution in [-0.2, 0) is 17.8 Å². The summed E-state index contributed by atoms with van der Waals surface area (Å²) in [5, 5.41) is 8.74. The summed E-state index contributed by atoms with van der Waals surface area (Å²) in [7, 11) is 1.69. The summed E-state index contributed by atoms with van der Waals surface area (Å²) in [6.07, 6.45) is 5.77. The van der Waals surface area contributed by atoms with Gasteiger partial charge in [0.2, 0.25) is 0 Å². The third-order valence-corrected chi connectivity index (χ3v) is 4.26. The van der Waals surface area contributed by atoms with Gasteiger partial charge in [-0.05, 0) is 13.8 Å². The molecule has 1 N–H and O–H groups in total. The largest absolute Gasteiger partial charge is 0.383 e. The van der Waals surface area contributed by atoms with E-state index in [0.29, 0.717) is 6.61 Å². The van der Waals surface area contributed by atoms with E-state index in [1.54, 1.807) is 18.4 Å². The second-order valence-electron chi connectivity index (χ2n) is 4.62. The van der Waals surface area contributed by atoms with Crippen LogP contribution in [0.5, 0.6) is 0 Å². The molecule has 2 heterocycles. The Morgan fingerprint density at radius 1 is 1.33 bits per heavy atom. The number of hydrogen-bond acceptors (Lipinski definition) is 6. The topological polar surface area (TPSA) is 55.2 Å². The zero-order chi connectivity index (χ0) is 15.1. The van der Waals surface area contributed by atoms with Crippen molar-refractivity contribution in [1.29, 1.82) is 0 Å². The molecule has 0 aliphatic rings. The van der Waals surface area contributed by atoms with E-state index in [4.69, 9.17) is 4.74 Å². The van der Waals surface area contributed by atoms with Crippen molar-refractivity contribution in [1.82, 2.24) is 14.8 Å². The third-order valence-electron chi connectivity index (χ3n) is 3.20. The predicted octanol–water partition coefficient (Wildman–Crippen LogP) is 2.44. The van der Waals surface area contributed by atoms with Gasteiger partial charge in [0.05, 0.1) is 31.6 Å². The first-order valence-corrected chi connectivity index (χ1v) is 8.03. The van der Waals surface area contributed by atoms with Gasteiger partial charge in [0.1, 0.15) is 0 Å². The Balaban J connectivity index is 1.86. The zero-order valence-electron chi connectivity index (χ0n) is 12.9. The monoisotopic (exact) mass is 309 g/mol. The van der Waals surface area contributed by atoms with Crippen LogP contribution in [0, 0.1) is 0 Å². The molecule has 116 valence electrons. The Labute approximate surface area is 129 Å². The number of methoxy groups -OCH3 is 1. The number of aromatic nitrogens is 3. The molecule has 7 heteroatoms. The van der Waals surface area contributed by atoms with Crippen LogP contribution in [0.1, 0.15) is 18.7 Å². The van der Waals surface area contributed by atoms with Crippen LogP contribution in [0.4, 0.5) is 10.8 Å². The molecule has 0 radical (unpaired) electrons. The van der Waals surface area contributed by atoms with Gasteiger partial charge in [-0.15, -0.1) is 11.3 Å². The summed E-state index contributed by atoms with van der Waals surface area (Å²) in [5.74, 6) is 0. The summed E-state index contributed by atoms with van der Waals surface area (Å²) >= 11 is 1.74. The SMILES string of the molecule is CCN(CC)c1ncc(CNc2cnn(CCOC)c2)s1. The molecular weight excluding hydrogens is 286 g/mol. The number of nitrogens with zero attached hydrogens (tertiary/aromatic N) is 4. The van der Waals surface area contributed by atoms with E-state index in [1.807, 2.05) is 23.3 Å². The molecule has 0 aliphatic carbocycles. The average molecular weight is 309 g/mol. The molecule has 0 atom stereocenters. The van der Waals surface area contributed by atoms with Crippen molar-refractivity contribution in [3.63, 3.8) is 0 Å². The Hall–Kier alpha value is -1.60. The minimum absolute atomic E-state index is 0.670. The van der Waals surface area contributed by atoms with Gasteiger partial charge in [0.15, 0.2) is 5.13 Å². The van der Waals surface area contributed by atoms with Crippen LogP contribution >= 0.6 is 11.3 Å². The lowest BCUT2D eigenvalue weighted by Crippen LogP contribution is -2.21. The summed E-state index contributed by atoms with van der Waals surface area (Å²) < 4.78 is 6.91. The van der Waals surface area contributed by atoms with E-state index < -0.39 is 0 Å². The van der Waals surface area contributed by atoms with Gasteiger partial charge in [-0.3, -0.25) is 4.68 Å². The number of rotatable bonds is 9. The van der Waals surface area contributed by atoms with Gasteiger partial charge in [-0.1, -0.05) is 0 Å². The Bertz CT molecular complexity index is 535. The number of ether oxygens (including phenoxy) is 1. The Morgan fingerprint density at radius 2 is 2.14 bits per heavy atom. The molecule has 0 fully saturated rings.